The third kappa shape index (κ3) is 20.3. The van der Waals surface area contributed by atoms with Crippen LogP contribution >= 0.6 is 24.8 Å². The van der Waals surface area contributed by atoms with E-state index in [4.69, 9.17) is 5.73 Å². The molecule has 0 heterocycles. The summed E-state index contributed by atoms with van der Waals surface area (Å²) >= 11 is 0. The van der Waals surface area contributed by atoms with Crippen LogP contribution in [-0.2, 0) is 11.3 Å². The molecule has 1 atom stereocenters. The first-order valence-corrected chi connectivity index (χ1v) is 13.0. The summed E-state index contributed by atoms with van der Waals surface area (Å²) in [7, 11) is 0. The lowest BCUT2D eigenvalue weighted by Crippen LogP contribution is -2.44. The zero-order valence-corrected chi connectivity index (χ0v) is 22.6. The lowest BCUT2D eigenvalue weighted by Gasteiger charge is -2.18. The largest absolute Gasteiger partial charge is 0.355 e. The van der Waals surface area contributed by atoms with E-state index >= 15 is 0 Å². The van der Waals surface area contributed by atoms with Crippen molar-refractivity contribution in [3.63, 3.8) is 0 Å². The second-order valence-electron chi connectivity index (χ2n) is 8.88. The molecule has 0 radical (unpaired) electrons. The van der Waals surface area contributed by atoms with E-state index in [-0.39, 0.29) is 36.8 Å². The van der Waals surface area contributed by atoms with Gasteiger partial charge >= 0.3 is 0 Å². The topological polar surface area (TPSA) is 67.2 Å². The van der Waals surface area contributed by atoms with E-state index in [2.05, 4.69) is 29.7 Å². The monoisotopic (exact) mass is 503 g/mol. The zero-order chi connectivity index (χ0) is 22.4. The van der Waals surface area contributed by atoms with E-state index in [1.807, 2.05) is 18.2 Å². The molecule has 0 aromatic heterocycles. The number of hydrogen-bond acceptors (Lipinski definition) is 3. The molecular weight excluding hydrogens is 453 g/mol. The van der Waals surface area contributed by atoms with Gasteiger partial charge in [-0.3, -0.25) is 4.79 Å². The van der Waals surface area contributed by atoms with E-state index in [1.165, 1.54) is 76.2 Å². The normalized spacial score (nSPS) is 11.3. The van der Waals surface area contributed by atoms with Crippen molar-refractivity contribution in [2.75, 3.05) is 13.1 Å². The minimum atomic E-state index is -0.135. The van der Waals surface area contributed by atoms with Gasteiger partial charge in [0.1, 0.15) is 0 Å². The molecule has 1 aromatic rings. The average molecular weight is 505 g/mol. The Balaban J connectivity index is 0. The molecule has 0 aliphatic carbocycles. The number of rotatable bonds is 21. The van der Waals surface area contributed by atoms with Crippen molar-refractivity contribution in [3.05, 3.63) is 35.9 Å². The summed E-state index contributed by atoms with van der Waals surface area (Å²) in [5, 5.41) is 6.59. The standard InChI is InChI=1S/C27H49N3O.2ClH/c1-2-3-4-5-6-7-8-9-10-11-12-18-23-29-27(31)26(21-16-17-22-28)30-24-25-19-14-13-15-20-25;;/h13-15,19-20,26,30H,2-12,16-18,21-24,28H2,1H3,(H,29,31);2*1H. The number of benzene rings is 1. The Hall–Kier alpha value is -0.810. The van der Waals surface area contributed by atoms with Crippen molar-refractivity contribution in [2.45, 2.75) is 116 Å². The summed E-state index contributed by atoms with van der Waals surface area (Å²) in [4.78, 5) is 12.7. The van der Waals surface area contributed by atoms with Crippen LogP contribution in [0.1, 0.15) is 109 Å². The van der Waals surface area contributed by atoms with E-state index in [1.54, 1.807) is 0 Å². The Kier molecular flexibility index (Phi) is 26.9. The molecule has 1 aromatic carbocycles. The highest BCUT2D eigenvalue weighted by atomic mass is 35.5. The quantitative estimate of drug-likeness (QED) is 0.159. The van der Waals surface area contributed by atoms with Gasteiger partial charge in [0.2, 0.25) is 5.91 Å². The molecule has 0 fully saturated rings. The number of hydrogen-bond donors (Lipinski definition) is 3. The Morgan fingerprint density at radius 2 is 1.33 bits per heavy atom. The molecule has 1 amide bonds. The van der Waals surface area contributed by atoms with Crippen LogP contribution < -0.4 is 16.4 Å². The fraction of sp³-hybridized carbons (Fsp3) is 0.741. The van der Waals surface area contributed by atoms with E-state index in [0.717, 1.165) is 38.8 Å². The highest BCUT2D eigenvalue weighted by molar-refractivity contribution is 5.85. The molecule has 0 aliphatic heterocycles. The highest BCUT2D eigenvalue weighted by Gasteiger charge is 2.16. The Labute approximate surface area is 216 Å². The van der Waals surface area contributed by atoms with Crippen LogP contribution in [-0.4, -0.2) is 25.0 Å². The predicted molar refractivity (Wildman–Crippen MR) is 149 cm³/mol. The molecule has 4 nitrogen and oxygen atoms in total. The SMILES string of the molecule is CCCCCCCCCCCCCCNC(=O)C(CCCCN)NCc1ccccc1.Cl.Cl. The molecule has 1 unspecified atom stereocenters. The van der Waals surface area contributed by atoms with Gasteiger partial charge in [-0.15, -0.1) is 24.8 Å². The Bertz CT molecular complexity index is 531. The lowest BCUT2D eigenvalue weighted by molar-refractivity contribution is -0.123. The molecule has 33 heavy (non-hydrogen) atoms. The molecule has 0 bridgehead atoms. The van der Waals surface area contributed by atoms with E-state index in [9.17, 15) is 4.79 Å². The fourth-order valence-corrected chi connectivity index (χ4v) is 3.96. The molecule has 0 spiro atoms. The molecule has 0 saturated carbocycles. The number of nitrogens with one attached hydrogen (secondary N) is 2. The van der Waals surface area contributed by atoms with Gasteiger partial charge in [-0.25, -0.2) is 0 Å². The van der Waals surface area contributed by atoms with Crippen LogP contribution in [0.3, 0.4) is 0 Å². The highest BCUT2D eigenvalue weighted by Crippen LogP contribution is 2.12. The van der Waals surface area contributed by atoms with Crippen LogP contribution in [0.5, 0.6) is 0 Å². The van der Waals surface area contributed by atoms with Crippen molar-refractivity contribution in [3.8, 4) is 0 Å². The summed E-state index contributed by atoms with van der Waals surface area (Å²) < 4.78 is 0. The second kappa shape index (κ2) is 25.8. The van der Waals surface area contributed by atoms with Gasteiger partial charge in [0, 0.05) is 13.1 Å². The molecule has 4 N–H and O–H groups in total. The number of unbranched alkanes of at least 4 members (excludes halogenated alkanes) is 12. The number of nitrogens with two attached hydrogens (primary N) is 1. The van der Waals surface area contributed by atoms with Crippen LogP contribution in [0.15, 0.2) is 30.3 Å². The minimum Gasteiger partial charge on any atom is -0.355 e. The fourth-order valence-electron chi connectivity index (χ4n) is 3.96. The molecule has 1 rings (SSSR count). The van der Waals surface area contributed by atoms with Gasteiger partial charge in [0.25, 0.3) is 0 Å². The number of carbonyl (C=O) groups is 1. The van der Waals surface area contributed by atoms with Crippen molar-refractivity contribution >= 4 is 30.7 Å². The molecule has 0 saturated heterocycles. The van der Waals surface area contributed by atoms with Gasteiger partial charge < -0.3 is 16.4 Å². The first-order valence-electron chi connectivity index (χ1n) is 13.0. The molecular formula is C27H51Cl2N3O. The third-order valence-corrected chi connectivity index (χ3v) is 5.99. The number of amides is 1. The molecule has 194 valence electrons. The van der Waals surface area contributed by atoms with Gasteiger partial charge in [-0.1, -0.05) is 114 Å². The lowest BCUT2D eigenvalue weighted by atomic mass is 10.1. The van der Waals surface area contributed by atoms with Gasteiger partial charge in [-0.2, -0.15) is 0 Å². The van der Waals surface area contributed by atoms with Crippen LogP contribution in [0, 0.1) is 0 Å². The average Bonchev–Trinajstić information content (AvgIpc) is 2.79. The van der Waals surface area contributed by atoms with Crippen molar-refractivity contribution < 1.29 is 4.79 Å². The summed E-state index contributed by atoms with van der Waals surface area (Å²) in [6, 6.07) is 10.1. The van der Waals surface area contributed by atoms with Crippen molar-refractivity contribution in [2.24, 2.45) is 5.73 Å². The smallest absolute Gasteiger partial charge is 0.237 e. The number of halogens is 2. The van der Waals surface area contributed by atoms with Gasteiger partial charge in [-0.05, 0) is 31.4 Å². The van der Waals surface area contributed by atoms with E-state index in [0.29, 0.717) is 6.54 Å². The van der Waals surface area contributed by atoms with Crippen LogP contribution in [0.2, 0.25) is 0 Å². The Morgan fingerprint density at radius 3 is 1.88 bits per heavy atom. The maximum absolute atomic E-state index is 12.7. The minimum absolute atomic E-state index is 0. The predicted octanol–water partition coefficient (Wildman–Crippen LogP) is 6.93. The summed E-state index contributed by atoms with van der Waals surface area (Å²) in [6.45, 7) is 4.47. The van der Waals surface area contributed by atoms with E-state index < -0.39 is 0 Å². The summed E-state index contributed by atoms with van der Waals surface area (Å²) in [6.07, 6.45) is 18.8. The summed E-state index contributed by atoms with van der Waals surface area (Å²) in [5.74, 6) is 0.135. The van der Waals surface area contributed by atoms with Gasteiger partial charge in [0.05, 0.1) is 6.04 Å². The number of carbonyl (C=O) groups excluding carboxylic acids is 1. The first-order chi connectivity index (χ1) is 15.3. The molecule has 6 heteroatoms. The van der Waals surface area contributed by atoms with Crippen LogP contribution in [0.25, 0.3) is 0 Å². The zero-order valence-electron chi connectivity index (χ0n) is 21.0. The first kappa shape index (κ1) is 34.4. The van der Waals surface area contributed by atoms with Crippen LogP contribution in [0.4, 0.5) is 0 Å². The molecule has 0 aliphatic rings. The maximum Gasteiger partial charge on any atom is 0.237 e. The van der Waals surface area contributed by atoms with Gasteiger partial charge in [0.15, 0.2) is 0 Å². The summed E-state index contributed by atoms with van der Waals surface area (Å²) in [5.41, 5.74) is 6.83. The maximum atomic E-state index is 12.7. The second-order valence-corrected chi connectivity index (χ2v) is 8.88. The Morgan fingerprint density at radius 1 is 0.788 bits per heavy atom. The van der Waals surface area contributed by atoms with Crippen molar-refractivity contribution in [1.29, 1.82) is 0 Å². The third-order valence-electron chi connectivity index (χ3n) is 5.99. The van der Waals surface area contributed by atoms with Crippen molar-refractivity contribution in [1.82, 2.24) is 10.6 Å².